The summed E-state index contributed by atoms with van der Waals surface area (Å²) in [5, 5.41) is 3.84. The fraction of sp³-hybridized carbons (Fsp3) is 1.00. The molecule has 1 saturated heterocycles. The Balaban J connectivity index is 2.05. The van der Waals surface area contributed by atoms with E-state index in [0.717, 1.165) is 25.0 Å². The van der Waals surface area contributed by atoms with E-state index in [1.54, 1.807) is 0 Å². The van der Waals surface area contributed by atoms with Crippen molar-refractivity contribution < 1.29 is 4.74 Å². The highest BCUT2D eigenvalue weighted by Gasteiger charge is 2.41. The second-order valence-electron chi connectivity index (χ2n) is 7.08. The van der Waals surface area contributed by atoms with Crippen LogP contribution in [0.2, 0.25) is 0 Å². The molecule has 1 N–H and O–H groups in total. The summed E-state index contributed by atoms with van der Waals surface area (Å²) in [5.74, 6) is 1.72. The Labute approximate surface area is 119 Å². The summed E-state index contributed by atoms with van der Waals surface area (Å²) in [5.41, 5.74) is 0.0785. The van der Waals surface area contributed by atoms with E-state index in [1.807, 2.05) is 0 Å². The molecule has 0 radical (unpaired) electrons. The van der Waals surface area contributed by atoms with Gasteiger partial charge >= 0.3 is 0 Å². The van der Waals surface area contributed by atoms with E-state index in [4.69, 9.17) is 4.74 Å². The van der Waals surface area contributed by atoms with Crippen LogP contribution in [-0.2, 0) is 4.74 Å². The van der Waals surface area contributed by atoms with Crippen molar-refractivity contribution in [2.75, 3.05) is 13.2 Å². The Morgan fingerprint density at radius 3 is 2.74 bits per heavy atom. The minimum absolute atomic E-state index is 0.0785. The van der Waals surface area contributed by atoms with Crippen LogP contribution in [0.15, 0.2) is 0 Å². The standard InChI is InChI=1S/C17H33NO/c1-4-11-18-16(15-9-7-8-14(2)13-15)17(3)10-5-6-12-19-17/h14-16,18H,4-13H2,1-3H3. The van der Waals surface area contributed by atoms with E-state index in [-0.39, 0.29) is 5.60 Å². The molecule has 0 aromatic carbocycles. The molecule has 0 aromatic heterocycles. The molecule has 19 heavy (non-hydrogen) atoms. The van der Waals surface area contributed by atoms with E-state index in [0.29, 0.717) is 6.04 Å². The van der Waals surface area contributed by atoms with E-state index >= 15 is 0 Å². The Bertz CT molecular complexity index is 260. The van der Waals surface area contributed by atoms with Crippen LogP contribution in [0.1, 0.15) is 72.1 Å². The van der Waals surface area contributed by atoms with Gasteiger partial charge in [0, 0.05) is 12.6 Å². The molecule has 0 aromatic rings. The van der Waals surface area contributed by atoms with Gasteiger partial charge in [0.05, 0.1) is 5.60 Å². The van der Waals surface area contributed by atoms with Gasteiger partial charge in [-0.05, 0) is 63.8 Å². The van der Waals surface area contributed by atoms with Crippen LogP contribution in [0.3, 0.4) is 0 Å². The SMILES string of the molecule is CCCNC(C1CCCC(C)C1)C1(C)CCCCO1. The lowest BCUT2D eigenvalue weighted by molar-refractivity contribution is -0.105. The molecule has 2 aliphatic rings. The summed E-state index contributed by atoms with van der Waals surface area (Å²) in [6.07, 6.45) is 10.7. The van der Waals surface area contributed by atoms with Gasteiger partial charge in [-0.3, -0.25) is 0 Å². The minimum atomic E-state index is 0.0785. The number of ether oxygens (including phenoxy) is 1. The largest absolute Gasteiger partial charge is 0.374 e. The highest BCUT2D eigenvalue weighted by Crippen LogP contribution is 2.38. The van der Waals surface area contributed by atoms with Gasteiger partial charge < -0.3 is 10.1 Å². The zero-order valence-corrected chi connectivity index (χ0v) is 13.2. The zero-order chi connectivity index (χ0) is 13.7. The van der Waals surface area contributed by atoms with Gasteiger partial charge in [0.15, 0.2) is 0 Å². The van der Waals surface area contributed by atoms with Gasteiger partial charge in [-0.2, -0.15) is 0 Å². The van der Waals surface area contributed by atoms with Crippen molar-refractivity contribution in [1.82, 2.24) is 5.32 Å². The van der Waals surface area contributed by atoms with Crippen LogP contribution < -0.4 is 5.32 Å². The first-order valence-corrected chi connectivity index (χ1v) is 8.53. The molecule has 4 unspecified atom stereocenters. The summed E-state index contributed by atoms with van der Waals surface area (Å²) in [4.78, 5) is 0. The van der Waals surface area contributed by atoms with Gasteiger partial charge in [0.2, 0.25) is 0 Å². The van der Waals surface area contributed by atoms with Crippen LogP contribution in [0, 0.1) is 11.8 Å². The average Bonchev–Trinajstić information content (AvgIpc) is 2.40. The Hall–Kier alpha value is -0.0800. The quantitative estimate of drug-likeness (QED) is 0.808. The number of hydrogen-bond donors (Lipinski definition) is 1. The molecular formula is C17H33NO. The number of hydrogen-bond acceptors (Lipinski definition) is 2. The van der Waals surface area contributed by atoms with Gasteiger partial charge in [-0.25, -0.2) is 0 Å². The predicted molar refractivity (Wildman–Crippen MR) is 81.4 cm³/mol. The molecule has 4 atom stereocenters. The summed E-state index contributed by atoms with van der Waals surface area (Å²) < 4.78 is 6.25. The summed E-state index contributed by atoms with van der Waals surface area (Å²) >= 11 is 0. The molecule has 2 heteroatoms. The molecule has 2 nitrogen and oxygen atoms in total. The maximum atomic E-state index is 6.25. The van der Waals surface area contributed by atoms with Gasteiger partial charge in [-0.15, -0.1) is 0 Å². The molecule has 2 rings (SSSR count). The first kappa shape index (κ1) is 15.3. The van der Waals surface area contributed by atoms with Gasteiger partial charge in [0.25, 0.3) is 0 Å². The maximum absolute atomic E-state index is 6.25. The monoisotopic (exact) mass is 267 g/mol. The normalized spacial score (nSPS) is 38.1. The molecular weight excluding hydrogens is 234 g/mol. The van der Waals surface area contributed by atoms with Crippen molar-refractivity contribution in [3.8, 4) is 0 Å². The number of rotatable bonds is 5. The third kappa shape index (κ3) is 3.95. The second kappa shape index (κ2) is 7.08. The van der Waals surface area contributed by atoms with Crippen LogP contribution in [0.5, 0.6) is 0 Å². The molecule has 0 amide bonds. The summed E-state index contributed by atoms with van der Waals surface area (Å²) in [6, 6.07) is 0.565. The van der Waals surface area contributed by atoms with Crippen molar-refractivity contribution in [3.63, 3.8) is 0 Å². The summed E-state index contributed by atoms with van der Waals surface area (Å²) in [6.45, 7) is 9.14. The van der Waals surface area contributed by atoms with Crippen molar-refractivity contribution in [3.05, 3.63) is 0 Å². The Kier molecular flexibility index (Phi) is 5.70. The Morgan fingerprint density at radius 1 is 1.26 bits per heavy atom. The van der Waals surface area contributed by atoms with E-state index in [1.165, 1.54) is 51.4 Å². The van der Waals surface area contributed by atoms with Crippen LogP contribution in [0.25, 0.3) is 0 Å². The third-order valence-corrected chi connectivity index (χ3v) is 5.22. The molecule has 1 heterocycles. The lowest BCUT2D eigenvalue weighted by atomic mass is 9.72. The van der Waals surface area contributed by atoms with Gasteiger partial charge in [0.1, 0.15) is 0 Å². The molecule has 0 spiro atoms. The minimum Gasteiger partial charge on any atom is -0.374 e. The average molecular weight is 267 g/mol. The molecule has 1 aliphatic carbocycles. The molecule has 2 fully saturated rings. The predicted octanol–water partition coefficient (Wildman–Crippen LogP) is 4.14. The molecule has 1 aliphatic heterocycles. The maximum Gasteiger partial charge on any atom is 0.0809 e. The smallest absolute Gasteiger partial charge is 0.0809 e. The second-order valence-corrected chi connectivity index (χ2v) is 7.08. The Morgan fingerprint density at radius 2 is 2.11 bits per heavy atom. The summed E-state index contributed by atoms with van der Waals surface area (Å²) in [7, 11) is 0. The van der Waals surface area contributed by atoms with Crippen molar-refractivity contribution in [2.24, 2.45) is 11.8 Å². The van der Waals surface area contributed by atoms with E-state index in [2.05, 4.69) is 26.1 Å². The van der Waals surface area contributed by atoms with Crippen LogP contribution in [0.4, 0.5) is 0 Å². The fourth-order valence-corrected chi connectivity index (χ4v) is 4.17. The fourth-order valence-electron chi connectivity index (χ4n) is 4.17. The lowest BCUT2D eigenvalue weighted by Crippen LogP contribution is -2.56. The van der Waals surface area contributed by atoms with Gasteiger partial charge in [-0.1, -0.05) is 26.7 Å². The van der Waals surface area contributed by atoms with Crippen molar-refractivity contribution in [2.45, 2.75) is 83.8 Å². The molecule has 112 valence electrons. The van der Waals surface area contributed by atoms with Crippen molar-refractivity contribution >= 4 is 0 Å². The van der Waals surface area contributed by atoms with Crippen molar-refractivity contribution in [1.29, 1.82) is 0 Å². The highest BCUT2D eigenvalue weighted by molar-refractivity contribution is 4.96. The first-order valence-electron chi connectivity index (χ1n) is 8.53. The number of nitrogens with one attached hydrogen (secondary N) is 1. The topological polar surface area (TPSA) is 21.3 Å². The van der Waals surface area contributed by atoms with E-state index < -0.39 is 0 Å². The zero-order valence-electron chi connectivity index (χ0n) is 13.2. The molecule has 1 saturated carbocycles. The van der Waals surface area contributed by atoms with E-state index in [9.17, 15) is 0 Å². The van der Waals surface area contributed by atoms with Crippen LogP contribution >= 0.6 is 0 Å². The first-order chi connectivity index (χ1) is 9.15. The third-order valence-electron chi connectivity index (χ3n) is 5.22. The molecule has 0 bridgehead atoms. The highest BCUT2D eigenvalue weighted by atomic mass is 16.5. The van der Waals surface area contributed by atoms with Crippen LogP contribution in [-0.4, -0.2) is 24.8 Å². The lowest BCUT2D eigenvalue weighted by Gasteiger charge is -2.46.